The monoisotopic (exact) mass is 482 g/mol. The molecule has 0 amide bonds. The number of halogens is 2. The van der Waals surface area contributed by atoms with Crippen molar-refractivity contribution < 1.29 is 9.13 Å². The van der Waals surface area contributed by atoms with E-state index in [2.05, 4.69) is 90.0 Å². The molecule has 0 atom stereocenters. The van der Waals surface area contributed by atoms with Gasteiger partial charge < -0.3 is 0 Å². The highest BCUT2D eigenvalue weighted by Crippen LogP contribution is 2.05. The Kier molecular flexibility index (Phi) is 11.1. The number of unbranched alkanes of at least 4 members (excludes halogenated alkanes) is 4. The minimum absolute atomic E-state index is 1.11. The van der Waals surface area contributed by atoms with Crippen LogP contribution in [0.4, 0.5) is 0 Å². The van der Waals surface area contributed by atoms with Crippen LogP contribution in [0, 0.1) is 0 Å². The number of hydrogen-bond donors (Lipinski definition) is 0. The Balaban J connectivity index is 1.70. The van der Waals surface area contributed by atoms with E-state index < -0.39 is 0 Å². The summed E-state index contributed by atoms with van der Waals surface area (Å²) >= 11 is 6.99. The van der Waals surface area contributed by atoms with E-state index in [-0.39, 0.29) is 0 Å². The Hall–Kier alpha value is -0.740. The molecule has 2 nitrogen and oxygen atoms in total. The van der Waals surface area contributed by atoms with Crippen LogP contribution in [0.25, 0.3) is 0 Å². The van der Waals surface area contributed by atoms with Gasteiger partial charge >= 0.3 is 0 Å². The Morgan fingerprint density at radius 3 is 1.27 bits per heavy atom. The molecule has 0 saturated heterocycles. The highest BCUT2D eigenvalue weighted by Gasteiger charge is 2.04. The molecule has 0 aromatic carbocycles. The lowest BCUT2D eigenvalue weighted by Crippen LogP contribution is -2.32. The maximum Gasteiger partial charge on any atom is 0.169 e. The molecule has 0 fully saturated rings. The smallest absolute Gasteiger partial charge is 0.169 e. The molecule has 0 bridgehead atoms. The van der Waals surface area contributed by atoms with Crippen LogP contribution in [-0.4, -0.2) is 10.7 Å². The van der Waals surface area contributed by atoms with Crippen LogP contribution in [-0.2, 0) is 25.9 Å². The molecule has 2 rings (SSSR count). The van der Waals surface area contributed by atoms with Crippen LogP contribution in [0.1, 0.15) is 49.7 Å². The van der Waals surface area contributed by atoms with Crippen molar-refractivity contribution in [2.45, 2.75) is 64.5 Å². The molecular weight excluding hydrogens is 452 g/mol. The molecule has 26 heavy (non-hydrogen) atoms. The Labute approximate surface area is 175 Å². The summed E-state index contributed by atoms with van der Waals surface area (Å²) in [5.74, 6) is 0. The second-order valence-electron chi connectivity index (χ2n) is 6.89. The average Bonchev–Trinajstić information content (AvgIpc) is 2.69. The summed E-state index contributed by atoms with van der Waals surface area (Å²) in [4.78, 5) is 0. The normalized spacial score (nSPS) is 11.0. The summed E-state index contributed by atoms with van der Waals surface area (Å²) in [5.41, 5.74) is 2.85. The van der Waals surface area contributed by atoms with Gasteiger partial charge in [-0.1, -0.05) is 31.9 Å². The predicted molar refractivity (Wildman–Crippen MR) is 116 cm³/mol. The van der Waals surface area contributed by atoms with E-state index in [9.17, 15) is 0 Å². The van der Waals surface area contributed by atoms with Crippen LogP contribution in [0.5, 0.6) is 0 Å². The lowest BCUT2D eigenvalue weighted by molar-refractivity contribution is -0.697. The van der Waals surface area contributed by atoms with E-state index >= 15 is 0 Å². The number of nitrogens with zero attached hydrogens (tertiary/aromatic N) is 2. The number of aryl methyl sites for hydroxylation is 4. The van der Waals surface area contributed by atoms with Gasteiger partial charge in [-0.15, -0.1) is 0 Å². The zero-order valence-corrected chi connectivity index (χ0v) is 18.9. The molecule has 0 saturated carbocycles. The van der Waals surface area contributed by atoms with E-state index in [0.717, 1.165) is 36.6 Å². The molecule has 0 aliphatic heterocycles. The Morgan fingerprint density at radius 2 is 0.923 bits per heavy atom. The highest BCUT2D eigenvalue weighted by molar-refractivity contribution is 9.09. The zero-order valence-electron chi connectivity index (χ0n) is 15.8. The number of hydrogen-bond acceptors (Lipinski definition) is 0. The number of aromatic nitrogens is 2. The fourth-order valence-electron chi connectivity index (χ4n) is 3.03. The van der Waals surface area contributed by atoms with Crippen molar-refractivity contribution in [2.24, 2.45) is 0 Å². The highest BCUT2D eigenvalue weighted by atomic mass is 79.9. The van der Waals surface area contributed by atoms with Gasteiger partial charge in [0.2, 0.25) is 0 Å². The van der Waals surface area contributed by atoms with Gasteiger partial charge in [0, 0.05) is 47.8 Å². The van der Waals surface area contributed by atoms with Crippen LogP contribution < -0.4 is 9.13 Å². The molecular formula is C22H32Br2N2+2. The first-order valence-electron chi connectivity index (χ1n) is 9.89. The number of pyridine rings is 2. The van der Waals surface area contributed by atoms with Crippen molar-refractivity contribution in [3.8, 4) is 0 Å². The van der Waals surface area contributed by atoms with Gasteiger partial charge in [-0.3, -0.25) is 0 Å². The molecule has 0 unspecified atom stereocenters. The quantitative estimate of drug-likeness (QED) is 0.211. The summed E-state index contributed by atoms with van der Waals surface area (Å²) in [5, 5.41) is 2.24. The van der Waals surface area contributed by atoms with Crippen LogP contribution >= 0.6 is 31.9 Å². The number of alkyl halides is 2. The molecule has 0 aliphatic carbocycles. The Morgan fingerprint density at radius 1 is 0.538 bits per heavy atom. The molecule has 4 heteroatoms. The summed E-state index contributed by atoms with van der Waals surface area (Å²) in [6, 6.07) is 9.10. The van der Waals surface area contributed by atoms with Crippen molar-refractivity contribution in [3.63, 3.8) is 0 Å². The van der Waals surface area contributed by atoms with Gasteiger partial charge in [0.1, 0.15) is 13.1 Å². The van der Waals surface area contributed by atoms with Crippen molar-refractivity contribution in [2.75, 3.05) is 10.7 Å². The van der Waals surface area contributed by atoms with Gasteiger partial charge in [-0.05, 0) is 49.7 Å². The standard InChI is InChI=1S/C22H32Br2N2/c23-13-3-1-5-15-25-17-9-21(10-18-25)7-8-22-11-19-26(20-12-22)16-6-2-4-14-24/h9-12,17-20H,1-8,13-16H2/q+2. The van der Waals surface area contributed by atoms with E-state index in [1.807, 2.05) is 0 Å². The maximum absolute atomic E-state index is 3.49. The Bertz CT molecular complexity index is 541. The lowest BCUT2D eigenvalue weighted by Gasteiger charge is -2.03. The van der Waals surface area contributed by atoms with Crippen LogP contribution in [0.15, 0.2) is 49.1 Å². The maximum atomic E-state index is 3.49. The molecule has 0 radical (unpaired) electrons. The van der Waals surface area contributed by atoms with Gasteiger partial charge in [0.15, 0.2) is 24.8 Å². The van der Waals surface area contributed by atoms with Gasteiger partial charge in [-0.25, -0.2) is 9.13 Å². The van der Waals surface area contributed by atoms with Crippen molar-refractivity contribution in [1.82, 2.24) is 0 Å². The van der Waals surface area contributed by atoms with Crippen molar-refractivity contribution in [3.05, 3.63) is 60.2 Å². The minimum Gasteiger partial charge on any atom is -0.205 e. The topological polar surface area (TPSA) is 7.76 Å². The summed E-state index contributed by atoms with van der Waals surface area (Å²) < 4.78 is 4.61. The van der Waals surface area contributed by atoms with Crippen LogP contribution in [0.3, 0.4) is 0 Å². The number of rotatable bonds is 13. The first-order valence-corrected chi connectivity index (χ1v) is 12.1. The van der Waals surface area contributed by atoms with E-state index in [4.69, 9.17) is 0 Å². The first-order chi connectivity index (χ1) is 12.8. The summed E-state index contributed by atoms with van der Waals surface area (Å²) in [7, 11) is 0. The zero-order chi connectivity index (χ0) is 18.5. The molecule has 2 aromatic rings. The van der Waals surface area contributed by atoms with Gasteiger partial charge in [0.05, 0.1) is 0 Å². The summed E-state index contributed by atoms with van der Waals surface area (Å²) in [6.07, 6.45) is 18.8. The first kappa shape index (κ1) is 21.6. The average molecular weight is 484 g/mol. The third kappa shape index (κ3) is 8.77. The molecule has 142 valence electrons. The van der Waals surface area contributed by atoms with E-state index in [1.165, 1.54) is 49.7 Å². The lowest BCUT2D eigenvalue weighted by atomic mass is 10.1. The fourth-order valence-corrected chi connectivity index (χ4v) is 3.82. The van der Waals surface area contributed by atoms with E-state index in [0.29, 0.717) is 0 Å². The predicted octanol–water partition coefficient (Wildman–Crippen LogP) is 5.18. The van der Waals surface area contributed by atoms with Crippen LogP contribution in [0.2, 0.25) is 0 Å². The second kappa shape index (κ2) is 13.4. The third-order valence-corrected chi connectivity index (χ3v) is 5.84. The van der Waals surface area contributed by atoms with E-state index in [1.54, 1.807) is 0 Å². The van der Waals surface area contributed by atoms with Gasteiger partial charge in [-0.2, -0.15) is 0 Å². The molecule has 0 spiro atoms. The van der Waals surface area contributed by atoms with Gasteiger partial charge in [0.25, 0.3) is 0 Å². The molecule has 2 heterocycles. The molecule has 2 aromatic heterocycles. The third-order valence-electron chi connectivity index (χ3n) is 4.72. The van der Waals surface area contributed by atoms with Crippen molar-refractivity contribution >= 4 is 31.9 Å². The molecule has 0 aliphatic rings. The largest absolute Gasteiger partial charge is 0.205 e. The van der Waals surface area contributed by atoms with Crippen molar-refractivity contribution in [1.29, 1.82) is 0 Å². The SMILES string of the molecule is BrCCCCC[n+]1ccc(CCc2cc[n+](CCCCCBr)cc2)cc1. The fraction of sp³-hybridized carbons (Fsp3) is 0.545. The second-order valence-corrected chi connectivity index (χ2v) is 8.47. The summed E-state index contributed by atoms with van der Waals surface area (Å²) in [6.45, 7) is 2.25. The minimum atomic E-state index is 1.11. The molecule has 0 N–H and O–H groups in total.